The molecule has 0 amide bonds. The van der Waals surface area contributed by atoms with E-state index >= 15 is 0 Å². The highest BCUT2D eigenvalue weighted by molar-refractivity contribution is 6.15. The van der Waals surface area contributed by atoms with Gasteiger partial charge >= 0.3 is 0 Å². The maximum Gasteiger partial charge on any atom is 0.231 e. The third-order valence-corrected chi connectivity index (χ3v) is 4.68. The van der Waals surface area contributed by atoms with Crippen molar-refractivity contribution >= 4 is 11.9 Å². The quantitative estimate of drug-likeness (QED) is 0.769. The standard InChI is InChI=1S/C22H23NO3/c1-14(2)11-23-12-18-19(25-13-23)9-8-17-21(24)20(26-22(17)18)10-16-6-4-15(3)5-7-16/h4-10,14H,11-13H2,1-3H3/b20-10-. The van der Waals surface area contributed by atoms with Gasteiger partial charge in [0.25, 0.3) is 0 Å². The molecule has 0 aromatic heterocycles. The van der Waals surface area contributed by atoms with E-state index in [1.54, 1.807) is 0 Å². The number of allylic oxidation sites excluding steroid dienone is 1. The first-order valence-electron chi connectivity index (χ1n) is 9.03. The van der Waals surface area contributed by atoms with E-state index in [9.17, 15) is 4.79 Å². The van der Waals surface area contributed by atoms with Crippen LogP contribution >= 0.6 is 0 Å². The Bertz CT molecular complexity index is 881. The van der Waals surface area contributed by atoms with E-state index in [1.807, 2.05) is 49.4 Å². The summed E-state index contributed by atoms with van der Waals surface area (Å²) in [4.78, 5) is 15.0. The van der Waals surface area contributed by atoms with Crippen LogP contribution in [0.3, 0.4) is 0 Å². The van der Waals surface area contributed by atoms with Crippen LogP contribution < -0.4 is 9.47 Å². The Hall–Kier alpha value is -2.59. The number of Topliss-reactive ketones (excluding diaryl/α,β-unsaturated/α-hetero) is 1. The molecule has 0 saturated heterocycles. The van der Waals surface area contributed by atoms with Gasteiger partial charge < -0.3 is 9.47 Å². The van der Waals surface area contributed by atoms with Gasteiger partial charge in [-0.05, 0) is 36.6 Å². The second kappa shape index (κ2) is 6.61. The van der Waals surface area contributed by atoms with Crippen LogP contribution in [0.5, 0.6) is 11.5 Å². The minimum Gasteiger partial charge on any atom is -0.478 e. The summed E-state index contributed by atoms with van der Waals surface area (Å²) in [6, 6.07) is 11.7. The number of fused-ring (bicyclic) bond motifs is 3. The summed E-state index contributed by atoms with van der Waals surface area (Å²) in [5, 5.41) is 0. The van der Waals surface area contributed by atoms with Gasteiger partial charge in [-0.15, -0.1) is 0 Å². The molecular formula is C22H23NO3. The Labute approximate surface area is 154 Å². The first kappa shape index (κ1) is 16.9. The van der Waals surface area contributed by atoms with Crippen molar-refractivity contribution in [2.75, 3.05) is 13.3 Å². The average Bonchev–Trinajstić information content (AvgIpc) is 2.93. The molecule has 4 nitrogen and oxygen atoms in total. The second-order valence-electron chi connectivity index (χ2n) is 7.45. The first-order valence-corrected chi connectivity index (χ1v) is 9.03. The third-order valence-electron chi connectivity index (χ3n) is 4.68. The SMILES string of the molecule is Cc1ccc(/C=C2\Oc3c(ccc4c3CN(CC(C)C)CO4)C2=O)cc1. The third kappa shape index (κ3) is 3.13. The molecule has 0 aliphatic carbocycles. The largest absolute Gasteiger partial charge is 0.478 e. The van der Waals surface area contributed by atoms with Crippen molar-refractivity contribution in [1.29, 1.82) is 0 Å². The lowest BCUT2D eigenvalue weighted by Crippen LogP contribution is -2.34. The number of benzene rings is 2. The lowest BCUT2D eigenvalue weighted by atomic mass is 10.0. The molecule has 0 spiro atoms. The molecule has 2 aliphatic rings. The maximum atomic E-state index is 12.8. The van der Waals surface area contributed by atoms with Gasteiger partial charge in [-0.1, -0.05) is 43.7 Å². The number of rotatable bonds is 3. The number of ether oxygens (including phenoxy) is 2. The van der Waals surface area contributed by atoms with Crippen molar-refractivity contribution in [2.45, 2.75) is 27.3 Å². The fourth-order valence-corrected chi connectivity index (χ4v) is 3.45. The van der Waals surface area contributed by atoms with Crippen molar-refractivity contribution in [1.82, 2.24) is 4.90 Å². The van der Waals surface area contributed by atoms with Gasteiger partial charge in [-0.3, -0.25) is 9.69 Å². The molecule has 134 valence electrons. The molecule has 4 heteroatoms. The number of carbonyl (C=O) groups is 1. The molecule has 2 heterocycles. The van der Waals surface area contributed by atoms with E-state index in [0.29, 0.717) is 29.7 Å². The summed E-state index contributed by atoms with van der Waals surface area (Å²) in [7, 11) is 0. The molecule has 0 N–H and O–H groups in total. The number of nitrogens with zero attached hydrogens (tertiary/aromatic N) is 1. The summed E-state index contributed by atoms with van der Waals surface area (Å²) >= 11 is 0. The monoisotopic (exact) mass is 349 g/mol. The molecule has 2 aromatic carbocycles. The molecule has 0 saturated carbocycles. The fourth-order valence-electron chi connectivity index (χ4n) is 3.45. The lowest BCUT2D eigenvalue weighted by Gasteiger charge is -2.30. The van der Waals surface area contributed by atoms with Crippen LogP contribution in [0.25, 0.3) is 6.08 Å². The molecule has 0 fully saturated rings. The van der Waals surface area contributed by atoms with Gasteiger partial charge in [0.05, 0.1) is 11.1 Å². The first-order chi connectivity index (χ1) is 12.5. The van der Waals surface area contributed by atoms with Gasteiger partial charge in [0.2, 0.25) is 5.78 Å². The van der Waals surface area contributed by atoms with Gasteiger partial charge in [0.1, 0.15) is 18.2 Å². The van der Waals surface area contributed by atoms with Gasteiger partial charge in [-0.25, -0.2) is 0 Å². The van der Waals surface area contributed by atoms with E-state index in [-0.39, 0.29) is 5.78 Å². The number of ketones is 1. The Morgan fingerprint density at radius 2 is 1.92 bits per heavy atom. The van der Waals surface area contributed by atoms with Crippen LogP contribution in [0, 0.1) is 12.8 Å². The normalized spacial score (nSPS) is 17.8. The lowest BCUT2D eigenvalue weighted by molar-refractivity contribution is 0.0832. The van der Waals surface area contributed by atoms with E-state index in [2.05, 4.69) is 18.7 Å². The van der Waals surface area contributed by atoms with Crippen LogP contribution in [0.1, 0.15) is 40.9 Å². The van der Waals surface area contributed by atoms with Gasteiger partial charge in [0, 0.05) is 13.1 Å². The summed E-state index contributed by atoms with van der Waals surface area (Å²) in [5.41, 5.74) is 3.73. The van der Waals surface area contributed by atoms with Crippen LogP contribution in [-0.2, 0) is 6.54 Å². The zero-order valence-corrected chi connectivity index (χ0v) is 15.4. The molecule has 0 bridgehead atoms. The average molecular weight is 349 g/mol. The van der Waals surface area contributed by atoms with E-state index in [0.717, 1.165) is 30.0 Å². The van der Waals surface area contributed by atoms with E-state index in [1.165, 1.54) is 5.56 Å². The number of hydrogen-bond donors (Lipinski definition) is 0. The summed E-state index contributed by atoms with van der Waals surface area (Å²) in [5.74, 6) is 2.33. The summed E-state index contributed by atoms with van der Waals surface area (Å²) in [6.45, 7) is 8.68. The van der Waals surface area contributed by atoms with Crippen molar-refractivity contribution in [3.05, 3.63) is 64.4 Å². The van der Waals surface area contributed by atoms with Crippen LogP contribution in [0.15, 0.2) is 42.2 Å². The molecule has 2 aromatic rings. The molecular weight excluding hydrogens is 326 g/mol. The molecule has 0 radical (unpaired) electrons. The van der Waals surface area contributed by atoms with E-state index in [4.69, 9.17) is 9.47 Å². The Balaban J connectivity index is 1.65. The molecule has 4 rings (SSSR count). The number of carbonyl (C=O) groups excluding carboxylic acids is 1. The van der Waals surface area contributed by atoms with E-state index < -0.39 is 0 Å². The highest BCUT2D eigenvalue weighted by Crippen LogP contribution is 2.42. The minimum atomic E-state index is -0.0654. The Morgan fingerprint density at radius 1 is 1.15 bits per heavy atom. The molecule has 0 atom stereocenters. The Kier molecular flexibility index (Phi) is 4.29. The highest BCUT2D eigenvalue weighted by Gasteiger charge is 2.33. The second-order valence-corrected chi connectivity index (χ2v) is 7.45. The summed E-state index contributed by atoms with van der Waals surface area (Å²) < 4.78 is 11.9. The predicted octanol–water partition coefficient (Wildman–Crippen LogP) is 4.42. The molecule has 0 unspecified atom stereocenters. The van der Waals surface area contributed by atoms with Crippen molar-refractivity contribution in [3.63, 3.8) is 0 Å². The van der Waals surface area contributed by atoms with Crippen molar-refractivity contribution < 1.29 is 14.3 Å². The molecule has 2 aliphatic heterocycles. The highest BCUT2D eigenvalue weighted by atomic mass is 16.5. The topological polar surface area (TPSA) is 38.8 Å². The maximum absolute atomic E-state index is 12.8. The molecule has 26 heavy (non-hydrogen) atoms. The van der Waals surface area contributed by atoms with Crippen molar-refractivity contribution in [3.8, 4) is 11.5 Å². The Morgan fingerprint density at radius 3 is 2.65 bits per heavy atom. The zero-order chi connectivity index (χ0) is 18.3. The fraction of sp³-hybridized carbons (Fsp3) is 0.318. The van der Waals surface area contributed by atoms with Crippen LogP contribution in [0.4, 0.5) is 0 Å². The van der Waals surface area contributed by atoms with Gasteiger partial charge in [0.15, 0.2) is 5.76 Å². The number of hydrogen-bond acceptors (Lipinski definition) is 4. The smallest absolute Gasteiger partial charge is 0.231 e. The summed E-state index contributed by atoms with van der Waals surface area (Å²) in [6.07, 6.45) is 1.81. The van der Waals surface area contributed by atoms with Gasteiger partial charge in [-0.2, -0.15) is 0 Å². The van der Waals surface area contributed by atoms with Crippen LogP contribution in [0.2, 0.25) is 0 Å². The predicted molar refractivity (Wildman–Crippen MR) is 101 cm³/mol. The zero-order valence-electron chi connectivity index (χ0n) is 15.4. The number of aryl methyl sites for hydroxylation is 1. The van der Waals surface area contributed by atoms with Crippen molar-refractivity contribution in [2.24, 2.45) is 5.92 Å². The van der Waals surface area contributed by atoms with Crippen LogP contribution in [-0.4, -0.2) is 24.0 Å². The minimum absolute atomic E-state index is 0.0654.